The van der Waals surface area contributed by atoms with Crippen LogP contribution in [-0.2, 0) is 9.59 Å². The molecule has 3 rings (SSSR count). The highest BCUT2D eigenvalue weighted by Gasteiger charge is 2.46. The number of carbonyl (C=O) groups excluding carboxylic acids is 1. The maximum absolute atomic E-state index is 12.5. The molecule has 2 aliphatic rings. The molecule has 5 heteroatoms. The van der Waals surface area contributed by atoms with Gasteiger partial charge in [-0.2, -0.15) is 0 Å². The molecule has 0 spiro atoms. The van der Waals surface area contributed by atoms with Gasteiger partial charge in [0.05, 0.1) is 5.92 Å². The van der Waals surface area contributed by atoms with Gasteiger partial charge in [-0.25, -0.2) is 0 Å². The summed E-state index contributed by atoms with van der Waals surface area (Å²) in [4.78, 5) is 25.3. The van der Waals surface area contributed by atoms with Crippen molar-refractivity contribution in [1.29, 1.82) is 0 Å². The Bertz CT molecular complexity index is 557. The Morgan fingerprint density at radius 3 is 2.62 bits per heavy atom. The van der Waals surface area contributed by atoms with Gasteiger partial charge in [0.1, 0.15) is 0 Å². The van der Waals surface area contributed by atoms with Crippen molar-refractivity contribution in [3.05, 3.63) is 34.3 Å². The van der Waals surface area contributed by atoms with E-state index in [0.29, 0.717) is 25.4 Å². The Balaban J connectivity index is 1.62. The minimum atomic E-state index is -0.784. The predicted octanol–water partition coefficient (Wildman–Crippen LogP) is 2.88. The number of benzene rings is 1. The van der Waals surface area contributed by atoms with E-state index in [1.54, 1.807) is 4.90 Å². The number of piperidine rings is 1. The maximum atomic E-state index is 12.5. The molecule has 2 fully saturated rings. The normalized spacial score (nSPS) is 28.2. The van der Waals surface area contributed by atoms with Gasteiger partial charge in [0, 0.05) is 23.5 Å². The van der Waals surface area contributed by atoms with E-state index >= 15 is 0 Å². The highest BCUT2D eigenvalue weighted by atomic mass is 79.9. The Morgan fingerprint density at radius 2 is 1.95 bits per heavy atom. The molecule has 0 bridgehead atoms. The average molecular weight is 352 g/mol. The molecule has 1 amide bonds. The number of hydrogen-bond acceptors (Lipinski definition) is 2. The zero-order valence-electron chi connectivity index (χ0n) is 11.7. The molecule has 3 atom stereocenters. The number of carboxylic acid groups (broad SMARTS) is 1. The smallest absolute Gasteiger partial charge is 0.308 e. The van der Waals surface area contributed by atoms with Gasteiger partial charge in [-0.15, -0.1) is 0 Å². The van der Waals surface area contributed by atoms with E-state index in [-0.39, 0.29) is 11.8 Å². The van der Waals surface area contributed by atoms with Gasteiger partial charge in [-0.05, 0) is 42.9 Å². The molecule has 1 aromatic rings. The molecule has 0 unspecified atom stereocenters. The summed E-state index contributed by atoms with van der Waals surface area (Å²) < 4.78 is 1.04. The molecule has 1 aliphatic carbocycles. The van der Waals surface area contributed by atoms with Crippen molar-refractivity contribution in [1.82, 2.24) is 4.90 Å². The summed E-state index contributed by atoms with van der Waals surface area (Å²) >= 11 is 3.41. The first kappa shape index (κ1) is 14.6. The Morgan fingerprint density at radius 1 is 1.24 bits per heavy atom. The summed E-state index contributed by atoms with van der Waals surface area (Å²) in [6.07, 6.45) is 2.35. The van der Waals surface area contributed by atoms with Crippen molar-refractivity contribution < 1.29 is 14.7 Å². The highest BCUT2D eigenvalue weighted by Crippen LogP contribution is 2.48. The molecule has 112 valence electrons. The van der Waals surface area contributed by atoms with Crippen LogP contribution < -0.4 is 0 Å². The second-order valence-corrected chi connectivity index (χ2v) is 6.88. The fourth-order valence-electron chi connectivity index (χ4n) is 3.16. The summed E-state index contributed by atoms with van der Waals surface area (Å²) in [6.45, 7) is 1.07. The summed E-state index contributed by atoms with van der Waals surface area (Å²) in [5.41, 5.74) is 1.20. The van der Waals surface area contributed by atoms with E-state index in [0.717, 1.165) is 17.3 Å². The monoisotopic (exact) mass is 351 g/mol. The van der Waals surface area contributed by atoms with Gasteiger partial charge in [0.2, 0.25) is 5.91 Å². The summed E-state index contributed by atoms with van der Waals surface area (Å²) in [5.74, 6) is -0.705. The number of aliphatic carboxylic acids is 1. The Hall–Kier alpha value is -1.36. The number of rotatable bonds is 3. The highest BCUT2D eigenvalue weighted by molar-refractivity contribution is 9.10. The third-order valence-electron chi connectivity index (χ3n) is 4.49. The van der Waals surface area contributed by atoms with Crippen LogP contribution in [0.1, 0.15) is 30.7 Å². The van der Waals surface area contributed by atoms with Crippen LogP contribution in [0.15, 0.2) is 28.7 Å². The minimum Gasteiger partial charge on any atom is -0.481 e. The van der Waals surface area contributed by atoms with Gasteiger partial charge < -0.3 is 10.0 Å². The Kier molecular flexibility index (Phi) is 4.02. The molecular weight excluding hydrogens is 334 g/mol. The van der Waals surface area contributed by atoms with Crippen LogP contribution in [0.5, 0.6) is 0 Å². The van der Waals surface area contributed by atoms with Crippen LogP contribution in [0.2, 0.25) is 0 Å². The molecule has 1 aromatic carbocycles. The molecule has 0 aromatic heterocycles. The molecule has 21 heavy (non-hydrogen) atoms. The van der Waals surface area contributed by atoms with Crippen LogP contribution in [0.3, 0.4) is 0 Å². The lowest BCUT2D eigenvalue weighted by Gasteiger charge is -2.31. The molecule has 1 saturated heterocycles. The summed E-state index contributed by atoms with van der Waals surface area (Å²) in [5, 5.41) is 9.11. The largest absolute Gasteiger partial charge is 0.481 e. The zero-order chi connectivity index (χ0) is 15.0. The van der Waals surface area contributed by atoms with Crippen LogP contribution in [0.25, 0.3) is 0 Å². The molecule has 1 aliphatic heterocycles. The van der Waals surface area contributed by atoms with Crippen LogP contribution in [0, 0.1) is 11.8 Å². The number of carbonyl (C=O) groups is 2. The molecule has 1 saturated carbocycles. The fourth-order valence-corrected chi connectivity index (χ4v) is 3.42. The minimum absolute atomic E-state index is 0.0405. The van der Waals surface area contributed by atoms with Crippen molar-refractivity contribution in [2.75, 3.05) is 13.1 Å². The van der Waals surface area contributed by atoms with E-state index in [1.165, 1.54) is 5.56 Å². The van der Waals surface area contributed by atoms with Crippen molar-refractivity contribution >= 4 is 27.8 Å². The van der Waals surface area contributed by atoms with Crippen molar-refractivity contribution in [2.24, 2.45) is 11.8 Å². The number of hydrogen-bond donors (Lipinski definition) is 1. The number of likely N-dealkylation sites (tertiary alicyclic amines) is 1. The third kappa shape index (κ3) is 3.12. The number of halogens is 1. The molecule has 1 N–H and O–H groups in total. The number of carboxylic acids is 1. The topological polar surface area (TPSA) is 57.6 Å². The van der Waals surface area contributed by atoms with E-state index < -0.39 is 11.9 Å². The van der Waals surface area contributed by atoms with E-state index in [4.69, 9.17) is 5.11 Å². The number of amides is 1. The van der Waals surface area contributed by atoms with Gasteiger partial charge in [0.25, 0.3) is 0 Å². The quantitative estimate of drug-likeness (QED) is 0.910. The second kappa shape index (κ2) is 5.79. The van der Waals surface area contributed by atoms with Crippen LogP contribution in [-0.4, -0.2) is 35.0 Å². The van der Waals surface area contributed by atoms with Gasteiger partial charge >= 0.3 is 5.97 Å². The first-order chi connectivity index (χ1) is 10.1. The standard InChI is InChI=1S/C16H18BrNO3/c17-12-5-3-10(4-6-12)13-8-14(13)15(19)18-7-1-2-11(9-18)16(20)21/h3-6,11,13-14H,1-2,7-9H2,(H,20,21)/t11-,13-,14-/m1/s1. The predicted molar refractivity (Wildman–Crippen MR) is 81.9 cm³/mol. The van der Waals surface area contributed by atoms with Crippen LogP contribution >= 0.6 is 15.9 Å². The average Bonchev–Trinajstić information content (AvgIpc) is 3.28. The van der Waals surface area contributed by atoms with Crippen molar-refractivity contribution in [3.63, 3.8) is 0 Å². The fraction of sp³-hybridized carbons (Fsp3) is 0.500. The molecular formula is C16H18BrNO3. The number of nitrogens with zero attached hydrogens (tertiary/aromatic N) is 1. The van der Waals surface area contributed by atoms with Gasteiger partial charge in [0.15, 0.2) is 0 Å². The van der Waals surface area contributed by atoms with Crippen LogP contribution in [0.4, 0.5) is 0 Å². The molecule has 0 radical (unpaired) electrons. The summed E-state index contributed by atoms with van der Waals surface area (Å²) in [7, 11) is 0. The maximum Gasteiger partial charge on any atom is 0.308 e. The summed E-state index contributed by atoms with van der Waals surface area (Å²) in [6, 6.07) is 8.10. The zero-order valence-corrected chi connectivity index (χ0v) is 13.3. The second-order valence-electron chi connectivity index (χ2n) is 5.96. The van der Waals surface area contributed by atoms with Gasteiger partial charge in [-0.3, -0.25) is 9.59 Å². The lowest BCUT2D eigenvalue weighted by molar-refractivity contribution is -0.146. The SMILES string of the molecule is O=C(O)[C@@H]1CCCN(C(=O)[C@@H]2C[C@@H]2c2ccc(Br)cc2)C1. The third-order valence-corrected chi connectivity index (χ3v) is 5.02. The van der Waals surface area contributed by atoms with Gasteiger partial charge in [-0.1, -0.05) is 28.1 Å². The van der Waals surface area contributed by atoms with E-state index in [9.17, 15) is 9.59 Å². The first-order valence-corrected chi connectivity index (χ1v) is 8.12. The lowest BCUT2D eigenvalue weighted by Crippen LogP contribution is -2.43. The van der Waals surface area contributed by atoms with E-state index in [2.05, 4.69) is 28.1 Å². The lowest BCUT2D eigenvalue weighted by atomic mass is 9.97. The molecule has 4 nitrogen and oxygen atoms in total. The van der Waals surface area contributed by atoms with E-state index in [1.807, 2.05) is 12.1 Å². The first-order valence-electron chi connectivity index (χ1n) is 7.33. The Labute approximate surface area is 132 Å². The molecule has 1 heterocycles. The van der Waals surface area contributed by atoms with Crippen molar-refractivity contribution in [3.8, 4) is 0 Å². The van der Waals surface area contributed by atoms with Crippen molar-refractivity contribution in [2.45, 2.75) is 25.2 Å².